The molecule has 0 aliphatic heterocycles. The number of anilines is 2. The lowest BCUT2D eigenvalue weighted by atomic mass is 10.5. The zero-order valence-corrected chi connectivity index (χ0v) is 12.0. The smallest absolute Gasteiger partial charge is 0.231 e. The van der Waals surface area contributed by atoms with Gasteiger partial charge in [0.05, 0.1) is 0 Å². The molecule has 1 aromatic rings. The predicted octanol–water partition coefficient (Wildman–Crippen LogP) is 2.36. The topological polar surface area (TPSA) is 45.2 Å². The zero-order valence-electron chi connectivity index (χ0n) is 11.2. The molecule has 1 saturated carbocycles. The number of aromatic nitrogens is 3. The third kappa shape index (κ3) is 2.83. The minimum Gasteiger partial charge on any atom is -0.341 e. The van der Waals surface area contributed by atoms with Gasteiger partial charge in [-0.3, -0.25) is 0 Å². The molecule has 1 aromatic heterocycles. The summed E-state index contributed by atoms with van der Waals surface area (Å²) >= 11 is 6.02. The average molecular weight is 270 g/mol. The van der Waals surface area contributed by atoms with Crippen molar-refractivity contribution in [1.29, 1.82) is 0 Å². The second kappa shape index (κ2) is 5.69. The molecule has 18 heavy (non-hydrogen) atoms. The molecule has 0 N–H and O–H groups in total. The Balaban J connectivity index is 2.30. The molecule has 0 saturated heterocycles. The second-order valence-corrected chi connectivity index (χ2v) is 4.73. The summed E-state index contributed by atoms with van der Waals surface area (Å²) in [5.41, 5.74) is 0. The van der Waals surface area contributed by atoms with E-state index in [1.807, 2.05) is 0 Å². The Bertz CT molecular complexity index is 403. The van der Waals surface area contributed by atoms with Crippen LogP contribution in [0.25, 0.3) is 0 Å². The summed E-state index contributed by atoms with van der Waals surface area (Å²) in [7, 11) is 0. The third-order valence-corrected chi connectivity index (χ3v) is 3.39. The predicted molar refractivity (Wildman–Crippen MR) is 74.4 cm³/mol. The lowest BCUT2D eigenvalue weighted by Gasteiger charge is -2.23. The van der Waals surface area contributed by atoms with Gasteiger partial charge in [-0.25, -0.2) is 0 Å². The quantitative estimate of drug-likeness (QED) is 0.793. The Morgan fingerprint density at radius 3 is 2.11 bits per heavy atom. The van der Waals surface area contributed by atoms with E-state index >= 15 is 0 Å². The summed E-state index contributed by atoms with van der Waals surface area (Å²) in [4.78, 5) is 17.3. The molecule has 0 radical (unpaired) electrons. The van der Waals surface area contributed by atoms with Crippen LogP contribution in [-0.2, 0) is 0 Å². The largest absolute Gasteiger partial charge is 0.341 e. The number of rotatable bonds is 6. The lowest BCUT2D eigenvalue weighted by molar-refractivity contribution is 0.758. The standard InChI is InChI=1S/C12H20ClN5/c1-4-17(5-2)11-14-10(13)15-12(16-11)18(6-3)9-7-8-9/h9H,4-8H2,1-3H3. The minimum absolute atomic E-state index is 0.279. The molecule has 0 atom stereocenters. The monoisotopic (exact) mass is 269 g/mol. The Morgan fingerprint density at radius 2 is 1.61 bits per heavy atom. The Hall–Kier alpha value is -1.10. The van der Waals surface area contributed by atoms with Crippen LogP contribution in [0.3, 0.4) is 0 Å². The molecule has 0 aromatic carbocycles. The van der Waals surface area contributed by atoms with Crippen molar-refractivity contribution in [3.8, 4) is 0 Å². The van der Waals surface area contributed by atoms with Gasteiger partial charge in [0, 0.05) is 25.7 Å². The summed E-state index contributed by atoms with van der Waals surface area (Å²) < 4.78 is 0. The summed E-state index contributed by atoms with van der Waals surface area (Å²) in [6.45, 7) is 8.92. The van der Waals surface area contributed by atoms with Crippen molar-refractivity contribution >= 4 is 23.5 Å². The van der Waals surface area contributed by atoms with Gasteiger partial charge in [-0.2, -0.15) is 15.0 Å². The molecule has 100 valence electrons. The van der Waals surface area contributed by atoms with E-state index in [4.69, 9.17) is 11.6 Å². The first-order valence-corrected chi connectivity index (χ1v) is 7.00. The number of nitrogens with zero attached hydrogens (tertiary/aromatic N) is 5. The van der Waals surface area contributed by atoms with Gasteiger partial charge >= 0.3 is 0 Å². The van der Waals surface area contributed by atoms with E-state index in [-0.39, 0.29) is 5.28 Å². The van der Waals surface area contributed by atoms with Crippen LogP contribution in [0.5, 0.6) is 0 Å². The van der Waals surface area contributed by atoms with Gasteiger partial charge in [0.2, 0.25) is 17.2 Å². The lowest BCUT2D eigenvalue weighted by Crippen LogP contribution is -2.30. The summed E-state index contributed by atoms with van der Waals surface area (Å²) in [6.07, 6.45) is 2.44. The highest BCUT2D eigenvalue weighted by Crippen LogP contribution is 2.30. The van der Waals surface area contributed by atoms with Gasteiger partial charge < -0.3 is 9.80 Å². The molecule has 0 unspecified atom stereocenters. The Morgan fingerprint density at radius 1 is 1.00 bits per heavy atom. The van der Waals surface area contributed by atoms with E-state index in [1.165, 1.54) is 12.8 Å². The van der Waals surface area contributed by atoms with E-state index in [2.05, 4.69) is 45.5 Å². The van der Waals surface area contributed by atoms with Crippen molar-refractivity contribution in [3.63, 3.8) is 0 Å². The fourth-order valence-corrected chi connectivity index (χ4v) is 2.21. The van der Waals surface area contributed by atoms with Gasteiger partial charge in [0.15, 0.2) is 0 Å². The maximum Gasteiger partial charge on any atom is 0.231 e. The first kappa shape index (κ1) is 13.3. The highest BCUT2D eigenvalue weighted by atomic mass is 35.5. The average Bonchev–Trinajstić information content (AvgIpc) is 3.15. The fourth-order valence-electron chi connectivity index (χ4n) is 2.05. The van der Waals surface area contributed by atoms with Crippen LogP contribution >= 0.6 is 11.6 Å². The molecule has 2 rings (SSSR count). The summed E-state index contributed by atoms with van der Waals surface area (Å²) in [5, 5.41) is 0.279. The van der Waals surface area contributed by atoms with Gasteiger partial charge in [0.25, 0.3) is 0 Å². The van der Waals surface area contributed by atoms with Crippen molar-refractivity contribution in [2.75, 3.05) is 29.4 Å². The fraction of sp³-hybridized carbons (Fsp3) is 0.750. The van der Waals surface area contributed by atoms with Gasteiger partial charge in [-0.15, -0.1) is 0 Å². The molecule has 1 aliphatic carbocycles. The molecular weight excluding hydrogens is 250 g/mol. The zero-order chi connectivity index (χ0) is 13.1. The van der Waals surface area contributed by atoms with Crippen LogP contribution in [0, 0.1) is 0 Å². The normalized spacial score (nSPS) is 14.7. The van der Waals surface area contributed by atoms with Crippen molar-refractivity contribution in [1.82, 2.24) is 15.0 Å². The first-order chi connectivity index (χ1) is 8.69. The summed E-state index contributed by atoms with van der Waals surface area (Å²) in [6, 6.07) is 0.581. The first-order valence-electron chi connectivity index (χ1n) is 6.62. The SMILES string of the molecule is CCN(CC)c1nc(Cl)nc(N(CC)C2CC2)n1. The van der Waals surface area contributed by atoms with Crippen LogP contribution in [-0.4, -0.2) is 40.6 Å². The molecule has 0 spiro atoms. The highest BCUT2D eigenvalue weighted by Gasteiger charge is 2.30. The Labute approximate surface area is 113 Å². The molecular formula is C12H20ClN5. The second-order valence-electron chi connectivity index (χ2n) is 4.39. The van der Waals surface area contributed by atoms with Crippen LogP contribution < -0.4 is 9.80 Å². The third-order valence-electron chi connectivity index (χ3n) is 3.22. The van der Waals surface area contributed by atoms with Crippen molar-refractivity contribution in [2.45, 2.75) is 39.7 Å². The van der Waals surface area contributed by atoms with Crippen molar-refractivity contribution < 1.29 is 0 Å². The molecule has 5 nitrogen and oxygen atoms in total. The van der Waals surface area contributed by atoms with Crippen LogP contribution in [0.4, 0.5) is 11.9 Å². The van der Waals surface area contributed by atoms with Crippen molar-refractivity contribution in [3.05, 3.63) is 5.28 Å². The van der Waals surface area contributed by atoms with Gasteiger partial charge in [0.1, 0.15) is 0 Å². The number of hydrogen-bond acceptors (Lipinski definition) is 5. The van der Waals surface area contributed by atoms with Crippen LogP contribution in [0.2, 0.25) is 5.28 Å². The molecule has 1 aliphatic rings. The molecule has 6 heteroatoms. The molecule has 0 amide bonds. The maximum absolute atomic E-state index is 6.02. The summed E-state index contributed by atoms with van der Waals surface area (Å²) in [5.74, 6) is 1.39. The van der Waals surface area contributed by atoms with E-state index in [1.54, 1.807) is 0 Å². The molecule has 0 bridgehead atoms. The number of hydrogen-bond donors (Lipinski definition) is 0. The van der Waals surface area contributed by atoms with Gasteiger partial charge in [-0.05, 0) is 45.2 Å². The van der Waals surface area contributed by atoms with Crippen molar-refractivity contribution in [2.24, 2.45) is 0 Å². The van der Waals surface area contributed by atoms with Crippen LogP contribution in [0.15, 0.2) is 0 Å². The molecule has 1 heterocycles. The van der Waals surface area contributed by atoms with E-state index < -0.39 is 0 Å². The Kier molecular flexibility index (Phi) is 4.22. The minimum atomic E-state index is 0.279. The van der Waals surface area contributed by atoms with Crippen LogP contribution in [0.1, 0.15) is 33.6 Å². The molecule has 1 fully saturated rings. The van der Waals surface area contributed by atoms with E-state index in [0.29, 0.717) is 17.9 Å². The van der Waals surface area contributed by atoms with E-state index in [0.717, 1.165) is 19.6 Å². The maximum atomic E-state index is 6.02. The highest BCUT2D eigenvalue weighted by molar-refractivity contribution is 6.28. The van der Waals surface area contributed by atoms with Gasteiger partial charge in [-0.1, -0.05) is 0 Å². The number of halogens is 1. The van der Waals surface area contributed by atoms with E-state index in [9.17, 15) is 0 Å².